The van der Waals surface area contributed by atoms with Crippen molar-refractivity contribution in [3.8, 4) is 39.1 Å². The zero-order chi connectivity index (χ0) is 35.8. The number of benzene rings is 10. The predicted octanol–water partition coefficient (Wildman–Crippen LogP) is 15.2. The minimum atomic E-state index is 1.08. The average molecular weight is 751 g/mol. The molecule has 2 heteroatoms. The van der Waals surface area contributed by atoms with Crippen molar-refractivity contribution in [3.63, 3.8) is 0 Å². The van der Waals surface area contributed by atoms with Crippen LogP contribution in [0.1, 0.15) is 0 Å². The molecule has 1 heterocycles. The van der Waals surface area contributed by atoms with Crippen LogP contribution in [0, 0.1) is 0 Å². The summed E-state index contributed by atoms with van der Waals surface area (Å²) in [5.74, 6) is 0. The van der Waals surface area contributed by atoms with Crippen molar-refractivity contribution < 1.29 is 0 Å². The van der Waals surface area contributed by atoms with E-state index in [0.717, 1.165) is 10.2 Å². The molecule has 0 aliphatic rings. The highest BCUT2D eigenvalue weighted by Gasteiger charge is 2.20. The number of para-hydroxylation sites is 1. The van der Waals surface area contributed by atoms with Gasteiger partial charge < -0.3 is 4.57 Å². The molecule has 11 aromatic rings. The average Bonchev–Trinajstić information content (AvgIpc) is 3.55. The molecule has 0 aliphatic heterocycles. The molecule has 0 N–H and O–H groups in total. The van der Waals surface area contributed by atoms with Gasteiger partial charge in [0, 0.05) is 20.9 Å². The molecule has 0 saturated heterocycles. The van der Waals surface area contributed by atoms with Crippen LogP contribution in [0.15, 0.2) is 199 Å². The Morgan fingerprint density at radius 2 is 0.833 bits per heavy atom. The van der Waals surface area contributed by atoms with Gasteiger partial charge in [-0.3, -0.25) is 0 Å². The van der Waals surface area contributed by atoms with E-state index in [1.807, 2.05) is 0 Å². The van der Waals surface area contributed by atoms with Crippen LogP contribution in [0.4, 0.5) is 0 Å². The SMILES string of the molecule is Brc1ccc2c(c1)c1ccc(-c3ccc4c(-c5cccc6ccccc56)c5ccccc5c(-c5cccc6ccccc56)c4c3)cc1n2-c1ccccc1. The molecule has 0 atom stereocenters. The fraction of sp³-hybridized carbons (Fsp3) is 0. The van der Waals surface area contributed by atoms with Gasteiger partial charge in [0.1, 0.15) is 0 Å². The Morgan fingerprint density at radius 3 is 1.50 bits per heavy atom. The van der Waals surface area contributed by atoms with Crippen molar-refractivity contribution in [1.29, 1.82) is 0 Å². The minimum Gasteiger partial charge on any atom is -0.309 e. The summed E-state index contributed by atoms with van der Waals surface area (Å²) in [7, 11) is 0. The van der Waals surface area contributed by atoms with Crippen molar-refractivity contribution in [2.24, 2.45) is 0 Å². The second-order valence-electron chi connectivity index (χ2n) is 14.2. The van der Waals surface area contributed by atoms with Crippen molar-refractivity contribution >= 4 is 80.8 Å². The summed E-state index contributed by atoms with van der Waals surface area (Å²) < 4.78 is 3.48. The Labute approximate surface area is 321 Å². The molecule has 1 aromatic heterocycles. The third kappa shape index (κ3) is 4.77. The maximum Gasteiger partial charge on any atom is 0.0547 e. The van der Waals surface area contributed by atoms with Gasteiger partial charge in [-0.05, 0) is 119 Å². The molecule has 252 valence electrons. The van der Waals surface area contributed by atoms with Crippen LogP contribution in [0.5, 0.6) is 0 Å². The second-order valence-corrected chi connectivity index (χ2v) is 15.1. The van der Waals surface area contributed by atoms with E-state index in [2.05, 4.69) is 215 Å². The van der Waals surface area contributed by atoms with Crippen LogP contribution in [0.3, 0.4) is 0 Å². The van der Waals surface area contributed by atoms with E-state index in [-0.39, 0.29) is 0 Å². The maximum atomic E-state index is 3.74. The number of hydrogen-bond donors (Lipinski definition) is 0. The molecule has 0 radical (unpaired) electrons. The van der Waals surface area contributed by atoms with E-state index < -0.39 is 0 Å². The highest BCUT2D eigenvalue weighted by atomic mass is 79.9. The van der Waals surface area contributed by atoms with E-state index in [4.69, 9.17) is 0 Å². The molecule has 54 heavy (non-hydrogen) atoms. The van der Waals surface area contributed by atoms with Gasteiger partial charge in [0.05, 0.1) is 11.0 Å². The standard InChI is InChI=1S/C52H32BrN/c53-37-26-29-49-47(32-37)41-27-24-36(31-50(41)54(49)38-16-2-1-3-17-38)35-25-28-46-48(30-35)52(43-23-11-15-34-13-5-7-19-40(34)43)45-21-9-8-20-44(45)51(46)42-22-10-14-33-12-4-6-18-39(33)42/h1-32H. The van der Waals surface area contributed by atoms with E-state index in [9.17, 15) is 0 Å². The molecule has 0 spiro atoms. The summed E-state index contributed by atoms with van der Waals surface area (Å²) in [6.07, 6.45) is 0. The number of fused-ring (bicyclic) bond motifs is 7. The lowest BCUT2D eigenvalue weighted by Gasteiger charge is -2.20. The quantitative estimate of drug-likeness (QED) is 0.158. The highest BCUT2D eigenvalue weighted by Crippen LogP contribution is 2.48. The van der Waals surface area contributed by atoms with Crippen LogP contribution < -0.4 is 0 Å². The van der Waals surface area contributed by atoms with E-state index >= 15 is 0 Å². The Morgan fingerprint density at radius 1 is 0.315 bits per heavy atom. The van der Waals surface area contributed by atoms with Gasteiger partial charge in [0.25, 0.3) is 0 Å². The Bertz CT molecular complexity index is 3270. The molecular formula is C52H32BrN. The predicted molar refractivity (Wildman–Crippen MR) is 235 cm³/mol. The molecule has 0 bridgehead atoms. The Balaban J connectivity index is 1.25. The molecule has 0 amide bonds. The third-order valence-electron chi connectivity index (χ3n) is 11.2. The maximum absolute atomic E-state index is 3.74. The number of rotatable bonds is 4. The van der Waals surface area contributed by atoms with Gasteiger partial charge in [-0.2, -0.15) is 0 Å². The van der Waals surface area contributed by atoms with Crippen LogP contribution >= 0.6 is 15.9 Å². The summed E-state index contributed by atoms with van der Waals surface area (Å²) in [6.45, 7) is 0. The summed E-state index contributed by atoms with van der Waals surface area (Å²) in [6, 6.07) is 71.4. The van der Waals surface area contributed by atoms with Crippen LogP contribution in [0.25, 0.3) is 104 Å². The number of hydrogen-bond acceptors (Lipinski definition) is 0. The molecule has 0 aliphatic carbocycles. The first-order chi connectivity index (χ1) is 26.7. The van der Waals surface area contributed by atoms with Gasteiger partial charge >= 0.3 is 0 Å². The summed E-state index contributed by atoms with van der Waals surface area (Å²) >= 11 is 3.74. The third-order valence-corrected chi connectivity index (χ3v) is 11.7. The largest absolute Gasteiger partial charge is 0.309 e. The second kappa shape index (κ2) is 12.3. The molecule has 10 aromatic carbocycles. The smallest absolute Gasteiger partial charge is 0.0547 e. The van der Waals surface area contributed by atoms with Crippen LogP contribution in [-0.4, -0.2) is 4.57 Å². The van der Waals surface area contributed by atoms with Gasteiger partial charge in [-0.1, -0.05) is 168 Å². The monoisotopic (exact) mass is 749 g/mol. The van der Waals surface area contributed by atoms with Crippen molar-refractivity contribution in [2.45, 2.75) is 0 Å². The number of halogens is 1. The molecule has 0 unspecified atom stereocenters. The summed E-state index contributed by atoms with van der Waals surface area (Å²) in [5.41, 5.74) is 11.0. The first-order valence-corrected chi connectivity index (χ1v) is 19.2. The molecule has 11 rings (SSSR count). The lowest BCUT2D eigenvalue weighted by Crippen LogP contribution is -1.94. The lowest BCUT2D eigenvalue weighted by atomic mass is 9.83. The molecular weight excluding hydrogens is 718 g/mol. The fourth-order valence-electron chi connectivity index (χ4n) is 8.85. The first kappa shape index (κ1) is 31.1. The van der Waals surface area contributed by atoms with Crippen LogP contribution in [-0.2, 0) is 0 Å². The first-order valence-electron chi connectivity index (χ1n) is 18.5. The fourth-order valence-corrected chi connectivity index (χ4v) is 9.21. The highest BCUT2D eigenvalue weighted by molar-refractivity contribution is 9.10. The minimum absolute atomic E-state index is 1.08. The van der Waals surface area contributed by atoms with Gasteiger partial charge in [-0.15, -0.1) is 0 Å². The van der Waals surface area contributed by atoms with E-state index in [0.29, 0.717) is 0 Å². The molecule has 0 fully saturated rings. The van der Waals surface area contributed by atoms with Crippen molar-refractivity contribution in [1.82, 2.24) is 4.57 Å². The zero-order valence-corrected chi connectivity index (χ0v) is 30.9. The van der Waals surface area contributed by atoms with E-state index in [1.165, 1.54) is 98.3 Å². The van der Waals surface area contributed by atoms with Crippen molar-refractivity contribution in [2.75, 3.05) is 0 Å². The van der Waals surface area contributed by atoms with Crippen molar-refractivity contribution in [3.05, 3.63) is 199 Å². The number of nitrogens with zero attached hydrogens (tertiary/aromatic N) is 1. The van der Waals surface area contributed by atoms with Crippen LogP contribution in [0.2, 0.25) is 0 Å². The van der Waals surface area contributed by atoms with Gasteiger partial charge in [-0.25, -0.2) is 0 Å². The Hall–Kier alpha value is -6.48. The lowest BCUT2D eigenvalue weighted by molar-refractivity contribution is 1.18. The Kier molecular flexibility index (Phi) is 7.08. The number of aromatic nitrogens is 1. The van der Waals surface area contributed by atoms with Gasteiger partial charge in [0.15, 0.2) is 0 Å². The van der Waals surface area contributed by atoms with Gasteiger partial charge in [0.2, 0.25) is 0 Å². The molecule has 1 nitrogen and oxygen atoms in total. The summed E-state index contributed by atoms with van der Waals surface area (Å²) in [5, 5.41) is 12.5. The molecule has 0 saturated carbocycles. The zero-order valence-electron chi connectivity index (χ0n) is 29.3. The van der Waals surface area contributed by atoms with E-state index in [1.54, 1.807) is 0 Å². The summed E-state index contributed by atoms with van der Waals surface area (Å²) in [4.78, 5) is 0. The topological polar surface area (TPSA) is 4.93 Å². The normalized spacial score (nSPS) is 11.8.